The van der Waals surface area contributed by atoms with Crippen molar-refractivity contribution in [1.82, 2.24) is 0 Å². The van der Waals surface area contributed by atoms with Gasteiger partial charge in [0.25, 0.3) is 0 Å². The second-order valence-electron chi connectivity index (χ2n) is 9.33. The maximum absolute atomic E-state index is 15.0. The first kappa shape index (κ1) is 26.5. The van der Waals surface area contributed by atoms with Gasteiger partial charge in [-0.1, -0.05) is 80.4 Å². The molecule has 192 valence electrons. The van der Waals surface area contributed by atoms with Crippen molar-refractivity contribution in [2.45, 2.75) is 52.4 Å². The molecule has 0 atom stereocenters. The number of rotatable bonds is 11. The van der Waals surface area contributed by atoms with Gasteiger partial charge in [0.15, 0.2) is 11.6 Å². The molecule has 4 rings (SSSR count). The number of hydrogen-bond acceptors (Lipinski definition) is 1. The SMILES string of the molecule is CCCCCc1ccc(-c2ccc(CCc3ccc(-c4ccc(OCC)cc4F)cc3)c(F)c2F)cc1. The second-order valence-corrected chi connectivity index (χ2v) is 9.33. The first-order chi connectivity index (χ1) is 18.0. The summed E-state index contributed by atoms with van der Waals surface area (Å²) in [6.07, 6.45) is 5.41. The van der Waals surface area contributed by atoms with Crippen LogP contribution in [0.1, 0.15) is 49.8 Å². The number of aryl methyl sites for hydroxylation is 3. The van der Waals surface area contributed by atoms with Crippen LogP contribution in [0.5, 0.6) is 5.75 Å². The van der Waals surface area contributed by atoms with Crippen molar-refractivity contribution in [2.75, 3.05) is 6.61 Å². The minimum absolute atomic E-state index is 0.281. The normalized spacial score (nSPS) is 11.1. The standard InChI is InChI=1S/C33H33F3O/c1-3-5-6-7-23-8-15-26(16-9-23)30-20-18-27(32(35)33(30)36)17-12-24-10-13-25(14-11-24)29-21-19-28(37-4-2)22-31(29)34/h8-11,13-16,18-22H,3-7,12,17H2,1-2H3. The lowest BCUT2D eigenvalue weighted by atomic mass is 9.97. The van der Waals surface area contributed by atoms with E-state index in [2.05, 4.69) is 6.92 Å². The molecule has 4 aromatic rings. The number of halogens is 3. The van der Waals surface area contributed by atoms with E-state index < -0.39 is 11.6 Å². The smallest absolute Gasteiger partial charge is 0.166 e. The summed E-state index contributed by atoms with van der Waals surface area (Å²) in [5.74, 6) is -1.45. The lowest BCUT2D eigenvalue weighted by Gasteiger charge is -2.11. The van der Waals surface area contributed by atoms with Crippen LogP contribution in [0, 0.1) is 17.5 Å². The van der Waals surface area contributed by atoms with Gasteiger partial charge in [-0.3, -0.25) is 0 Å². The molecule has 0 aliphatic carbocycles. The van der Waals surface area contributed by atoms with Crippen LogP contribution in [0.15, 0.2) is 78.9 Å². The van der Waals surface area contributed by atoms with Crippen LogP contribution in [0.2, 0.25) is 0 Å². The van der Waals surface area contributed by atoms with Gasteiger partial charge < -0.3 is 4.74 Å². The van der Waals surface area contributed by atoms with Gasteiger partial charge in [0.1, 0.15) is 11.6 Å². The van der Waals surface area contributed by atoms with E-state index in [-0.39, 0.29) is 11.4 Å². The Labute approximate surface area is 217 Å². The summed E-state index contributed by atoms with van der Waals surface area (Å²) in [5, 5.41) is 0. The highest BCUT2D eigenvalue weighted by Gasteiger charge is 2.15. The Hall–Kier alpha value is -3.53. The van der Waals surface area contributed by atoms with Crippen LogP contribution in [0.25, 0.3) is 22.3 Å². The van der Waals surface area contributed by atoms with Crippen molar-refractivity contribution in [3.63, 3.8) is 0 Å². The van der Waals surface area contributed by atoms with Crippen molar-refractivity contribution in [1.29, 1.82) is 0 Å². The molecular formula is C33H33F3O. The highest BCUT2D eigenvalue weighted by molar-refractivity contribution is 5.66. The lowest BCUT2D eigenvalue weighted by molar-refractivity contribution is 0.338. The summed E-state index contributed by atoms with van der Waals surface area (Å²) in [5.41, 5.74) is 4.74. The van der Waals surface area contributed by atoms with Gasteiger partial charge in [-0.15, -0.1) is 0 Å². The first-order valence-electron chi connectivity index (χ1n) is 13.1. The number of ether oxygens (including phenoxy) is 1. The Morgan fingerprint density at radius 2 is 1.22 bits per heavy atom. The Morgan fingerprint density at radius 3 is 1.84 bits per heavy atom. The van der Waals surface area contributed by atoms with E-state index in [0.29, 0.717) is 41.9 Å². The largest absolute Gasteiger partial charge is 0.494 e. The Bertz CT molecular complexity index is 1310. The Kier molecular flexibility index (Phi) is 9.05. The molecule has 1 nitrogen and oxygen atoms in total. The molecule has 0 spiro atoms. The maximum Gasteiger partial charge on any atom is 0.166 e. The molecule has 0 aliphatic heterocycles. The number of hydrogen-bond donors (Lipinski definition) is 0. The van der Waals surface area contributed by atoms with E-state index >= 15 is 0 Å². The topological polar surface area (TPSA) is 9.23 Å². The average Bonchev–Trinajstić information content (AvgIpc) is 2.91. The van der Waals surface area contributed by atoms with E-state index in [1.807, 2.05) is 55.5 Å². The van der Waals surface area contributed by atoms with Crippen molar-refractivity contribution < 1.29 is 17.9 Å². The van der Waals surface area contributed by atoms with Crippen molar-refractivity contribution in [2.24, 2.45) is 0 Å². The van der Waals surface area contributed by atoms with E-state index in [1.165, 1.54) is 24.5 Å². The van der Waals surface area contributed by atoms with Gasteiger partial charge >= 0.3 is 0 Å². The molecule has 0 aromatic heterocycles. The molecule has 0 N–H and O–H groups in total. The summed E-state index contributed by atoms with van der Waals surface area (Å²) in [6.45, 7) is 4.51. The van der Waals surface area contributed by atoms with Gasteiger partial charge in [0.2, 0.25) is 0 Å². The summed E-state index contributed by atoms with van der Waals surface area (Å²) >= 11 is 0. The third kappa shape index (κ3) is 6.62. The molecule has 0 aliphatic rings. The van der Waals surface area contributed by atoms with E-state index in [1.54, 1.807) is 24.3 Å². The van der Waals surface area contributed by atoms with Crippen LogP contribution in [0.3, 0.4) is 0 Å². The minimum atomic E-state index is -0.808. The van der Waals surface area contributed by atoms with Gasteiger partial charge in [-0.25, -0.2) is 13.2 Å². The minimum Gasteiger partial charge on any atom is -0.494 e. The quantitative estimate of drug-likeness (QED) is 0.186. The highest BCUT2D eigenvalue weighted by atomic mass is 19.2. The molecule has 0 bridgehead atoms. The molecule has 0 fully saturated rings. The fourth-order valence-corrected chi connectivity index (χ4v) is 4.55. The van der Waals surface area contributed by atoms with E-state index in [0.717, 1.165) is 24.0 Å². The van der Waals surface area contributed by atoms with Gasteiger partial charge in [0.05, 0.1) is 6.61 Å². The number of benzene rings is 4. The molecule has 0 unspecified atom stereocenters. The van der Waals surface area contributed by atoms with Gasteiger partial charge in [0, 0.05) is 17.2 Å². The average molecular weight is 503 g/mol. The molecule has 0 saturated carbocycles. The number of unbranched alkanes of at least 4 members (excludes halogenated alkanes) is 2. The fraction of sp³-hybridized carbons (Fsp3) is 0.273. The van der Waals surface area contributed by atoms with Crippen LogP contribution in [-0.2, 0) is 19.3 Å². The van der Waals surface area contributed by atoms with Crippen molar-refractivity contribution in [3.8, 4) is 28.0 Å². The van der Waals surface area contributed by atoms with Crippen LogP contribution >= 0.6 is 0 Å². The van der Waals surface area contributed by atoms with E-state index in [4.69, 9.17) is 4.74 Å². The summed E-state index contributed by atoms with van der Waals surface area (Å²) in [7, 11) is 0. The van der Waals surface area contributed by atoms with Gasteiger partial charge in [-0.05, 0) is 72.6 Å². The lowest BCUT2D eigenvalue weighted by Crippen LogP contribution is -2.00. The van der Waals surface area contributed by atoms with Crippen LogP contribution < -0.4 is 4.74 Å². The monoisotopic (exact) mass is 502 g/mol. The molecule has 0 heterocycles. The molecular weight excluding hydrogens is 469 g/mol. The zero-order valence-electron chi connectivity index (χ0n) is 21.5. The van der Waals surface area contributed by atoms with Crippen molar-refractivity contribution in [3.05, 3.63) is 113 Å². The Morgan fingerprint density at radius 1 is 0.595 bits per heavy atom. The zero-order valence-corrected chi connectivity index (χ0v) is 21.5. The predicted octanol–water partition coefficient (Wildman–Crippen LogP) is 9.35. The third-order valence-corrected chi connectivity index (χ3v) is 6.70. The second kappa shape index (κ2) is 12.6. The predicted molar refractivity (Wildman–Crippen MR) is 145 cm³/mol. The molecule has 37 heavy (non-hydrogen) atoms. The fourth-order valence-electron chi connectivity index (χ4n) is 4.55. The zero-order chi connectivity index (χ0) is 26.2. The molecule has 0 amide bonds. The van der Waals surface area contributed by atoms with Crippen molar-refractivity contribution >= 4 is 0 Å². The third-order valence-electron chi connectivity index (χ3n) is 6.70. The molecule has 0 radical (unpaired) electrons. The Balaban J connectivity index is 1.41. The maximum atomic E-state index is 15.0. The molecule has 4 aromatic carbocycles. The van der Waals surface area contributed by atoms with Gasteiger partial charge in [-0.2, -0.15) is 0 Å². The van der Waals surface area contributed by atoms with Crippen LogP contribution in [-0.4, -0.2) is 6.61 Å². The highest BCUT2D eigenvalue weighted by Crippen LogP contribution is 2.29. The van der Waals surface area contributed by atoms with Crippen LogP contribution in [0.4, 0.5) is 13.2 Å². The molecule has 4 heteroatoms. The summed E-state index contributed by atoms with van der Waals surface area (Å²) in [4.78, 5) is 0. The first-order valence-corrected chi connectivity index (χ1v) is 13.1. The summed E-state index contributed by atoms with van der Waals surface area (Å²) in [6, 6.07) is 23.4. The molecule has 0 saturated heterocycles. The summed E-state index contributed by atoms with van der Waals surface area (Å²) < 4.78 is 49.7. The van der Waals surface area contributed by atoms with E-state index in [9.17, 15) is 13.2 Å².